The van der Waals surface area contributed by atoms with Crippen LogP contribution in [-0.4, -0.2) is 9.97 Å². The Labute approximate surface area is 173 Å². The van der Waals surface area contributed by atoms with Gasteiger partial charge in [0.15, 0.2) is 5.16 Å². The fourth-order valence-corrected chi connectivity index (χ4v) is 4.29. The van der Waals surface area contributed by atoms with Crippen LogP contribution in [-0.2, 0) is 5.75 Å². The lowest BCUT2D eigenvalue weighted by Crippen LogP contribution is -1.98. The molecule has 4 aromatic carbocycles. The first kappa shape index (κ1) is 17.7. The van der Waals surface area contributed by atoms with Crippen LogP contribution >= 0.6 is 11.8 Å². The highest BCUT2D eigenvalue weighted by atomic mass is 32.2. The van der Waals surface area contributed by atoms with Crippen molar-refractivity contribution in [2.45, 2.75) is 10.9 Å². The van der Waals surface area contributed by atoms with Crippen molar-refractivity contribution in [2.75, 3.05) is 5.32 Å². The highest BCUT2D eigenvalue weighted by Crippen LogP contribution is 2.30. The van der Waals surface area contributed by atoms with Gasteiger partial charge in [-0.1, -0.05) is 84.6 Å². The quantitative estimate of drug-likeness (QED) is 0.263. The van der Waals surface area contributed by atoms with Crippen LogP contribution in [0.2, 0.25) is 0 Å². The second-order valence-electron chi connectivity index (χ2n) is 6.79. The van der Waals surface area contributed by atoms with Gasteiger partial charge < -0.3 is 5.32 Å². The molecule has 1 N–H and O–H groups in total. The van der Waals surface area contributed by atoms with Gasteiger partial charge in [-0.3, -0.25) is 0 Å². The van der Waals surface area contributed by atoms with E-state index in [0.29, 0.717) is 0 Å². The van der Waals surface area contributed by atoms with Gasteiger partial charge >= 0.3 is 0 Å². The monoisotopic (exact) mass is 393 g/mol. The van der Waals surface area contributed by atoms with Crippen LogP contribution in [0.25, 0.3) is 21.7 Å². The number of hydrogen-bond donors (Lipinski definition) is 1. The summed E-state index contributed by atoms with van der Waals surface area (Å²) in [4.78, 5) is 9.62. The molecule has 3 nitrogen and oxygen atoms in total. The smallest absolute Gasteiger partial charge is 0.190 e. The Morgan fingerprint density at radius 3 is 2.28 bits per heavy atom. The lowest BCUT2D eigenvalue weighted by molar-refractivity contribution is 1.01. The summed E-state index contributed by atoms with van der Waals surface area (Å²) in [5, 5.41) is 7.79. The van der Waals surface area contributed by atoms with Gasteiger partial charge in [0.2, 0.25) is 0 Å². The molecule has 1 aromatic heterocycles. The van der Waals surface area contributed by atoms with Crippen molar-refractivity contribution in [3.8, 4) is 0 Å². The lowest BCUT2D eigenvalue weighted by Gasteiger charge is -2.11. The molecule has 0 aliphatic rings. The van der Waals surface area contributed by atoms with E-state index in [2.05, 4.69) is 53.8 Å². The van der Waals surface area contributed by atoms with E-state index in [0.717, 1.165) is 33.3 Å². The zero-order chi connectivity index (χ0) is 19.5. The first-order valence-corrected chi connectivity index (χ1v) is 10.5. The van der Waals surface area contributed by atoms with Gasteiger partial charge in [-0.05, 0) is 40.6 Å². The molecule has 5 aromatic rings. The summed E-state index contributed by atoms with van der Waals surface area (Å²) in [6.07, 6.45) is 0. The Kier molecular flexibility index (Phi) is 4.85. The Balaban J connectivity index is 1.48. The zero-order valence-corrected chi connectivity index (χ0v) is 16.6. The maximum Gasteiger partial charge on any atom is 0.190 e. The molecule has 0 bridgehead atoms. The summed E-state index contributed by atoms with van der Waals surface area (Å²) in [6.45, 7) is 0. The predicted molar refractivity (Wildman–Crippen MR) is 123 cm³/mol. The number of aromatic nitrogens is 2. The van der Waals surface area contributed by atoms with Crippen molar-refractivity contribution in [3.05, 3.63) is 103 Å². The van der Waals surface area contributed by atoms with E-state index in [1.807, 2.05) is 48.5 Å². The number of rotatable bonds is 5. The first-order valence-electron chi connectivity index (χ1n) is 9.55. The minimum Gasteiger partial charge on any atom is -0.340 e. The van der Waals surface area contributed by atoms with Gasteiger partial charge in [0.1, 0.15) is 5.82 Å². The number of benzene rings is 4. The minimum absolute atomic E-state index is 0.773. The Morgan fingerprint density at radius 1 is 0.655 bits per heavy atom. The number of fused-ring (bicyclic) bond motifs is 2. The molecular weight excluding hydrogens is 374 g/mol. The van der Waals surface area contributed by atoms with Crippen molar-refractivity contribution < 1.29 is 0 Å². The summed E-state index contributed by atoms with van der Waals surface area (Å²) in [6, 6.07) is 33.2. The lowest BCUT2D eigenvalue weighted by atomic mass is 10.1. The minimum atomic E-state index is 0.773. The van der Waals surface area contributed by atoms with Gasteiger partial charge in [0.05, 0.1) is 5.52 Å². The molecule has 0 saturated heterocycles. The third-order valence-corrected chi connectivity index (χ3v) is 5.75. The van der Waals surface area contributed by atoms with E-state index in [9.17, 15) is 0 Å². The van der Waals surface area contributed by atoms with Gasteiger partial charge in [0, 0.05) is 16.8 Å². The standard InChI is InChI=1S/C25H19N3S/c1-2-12-20(13-3-1)26-24-22-15-6-7-16-23(22)27-25(28-24)29-17-19-11-8-10-18-9-4-5-14-21(18)19/h1-16H,17H2,(H,26,27,28). The summed E-state index contributed by atoms with van der Waals surface area (Å²) in [5.74, 6) is 1.66. The molecule has 0 fully saturated rings. The number of nitrogens with zero attached hydrogens (tertiary/aromatic N) is 2. The Morgan fingerprint density at radius 2 is 1.38 bits per heavy atom. The van der Waals surface area contributed by atoms with Crippen LogP contribution in [0.4, 0.5) is 11.5 Å². The second-order valence-corrected chi connectivity index (χ2v) is 7.73. The molecule has 0 saturated carbocycles. The Hall–Kier alpha value is -3.37. The average molecular weight is 394 g/mol. The van der Waals surface area contributed by atoms with Gasteiger partial charge in [-0.25, -0.2) is 9.97 Å². The highest BCUT2D eigenvalue weighted by molar-refractivity contribution is 7.98. The first-order chi connectivity index (χ1) is 14.4. The normalized spacial score (nSPS) is 11.0. The van der Waals surface area contributed by atoms with Crippen molar-refractivity contribution in [1.82, 2.24) is 9.97 Å². The van der Waals surface area contributed by atoms with E-state index in [-0.39, 0.29) is 0 Å². The molecule has 1 heterocycles. The molecule has 0 spiro atoms. The van der Waals surface area contributed by atoms with E-state index >= 15 is 0 Å². The Bertz CT molecular complexity index is 1280. The molecule has 5 rings (SSSR count). The van der Waals surface area contributed by atoms with Gasteiger partial charge in [0.25, 0.3) is 0 Å². The maximum atomic E-state index is 4.83. The molecule has 0 radical (unpaired) electrons. The van der Waals surface area contributed by atoms with Gasteiger partial charge in [-0.15, -0.1) is 0 Å². The summed E-state index contributed by atoms with van der Waals surface area (Å²) in [5.41, 5.74) is 3.25. The van der Waals surface area contributed by atoms with Crippen LogP contribution in [0.5, 0.6) is 0 Å². The summed E-state index contributed by atoms with van der Waals surface area (Å²) in [7, 11) is 0. The fourth-order valence-electron chi connectivity index (χ4n) is 3.43. The number of para-hydroxylation sites is 2. The van der Waals surface area contributed by atoms with Crippen molar-refractivity contribution in [2.24, 2.45) is 0 Å². The predicted octanol–water partition coefficient (Wildman–Crippen LogP) is 6.82. The number of hydrogen-bond acceptors (Lipinski definition) is 4. The summed E-state index contributed by atoms with van der Waals surface area (Å²) < 4.78 is 0. The molecule has 29 heavy (non-hydrogen) atoms. The van der Waals surface area contributed by atoms with Gasteiger partial charge in [-0.2, -0.15) is 0 Å². The second kappa shape index (κ2) is 7.94. The number of anilines is 2. The third kappa shape index (κ3) is 3.80. The molecule has 140 valence electrons. The van der Waals surface area contributed by atoms with Crippen LogP contribution in [0.15, 0.2) is 102 Å². The molecule has 0 aliphatic carbocycles. The molecule has 0 aliphatic heterocycles. The topological polar surface area (TPSA) is 37.8 Å². The molecule has 4 heteroatoms. The zero-order valence-electron chi connectivity index (χ0n) is 15.7. The van der Waals surface area contributed by atoms with Crippen molar-refractivity contribution in [3.63, 3.8) is 0 Å². The number of nitrogens with one attached hydrogen (secondary N) is 1. The van der Waals surface area contributed by atoms with E-state index < -0.39 is 0 Å². The number of thioether (sulfide) groups is 1. The molecule has 0 atom stereocenters. The molecule has 0 unspecified atom stereocenters. The molecule has 0 amide bonds. The van der Waals surface area contributed by atoms with E-state index in [1.165, 1.54) is 16.3 Å². The van der Waals surface area contributed by atoms with Crippen LogP contribution in [0, 0.1) is 0 Å². The maximum absolute atomic E-state index is 4.83. The van der Waals surface area contributed by atoms with Crippen LogP contribution < -0.4 is 5.32 Å². The van der Waals surface area contributed by atoms with Crippen molar-refractivity contribution in [1.29, 1.82) is 0 Å². The third-order valence-electron chi connectivity index (χ3n) is 4.86. The van der Waals surface area contributed by atoms with Crippen LogP contribution in [0.3, 0.4) is 0 Å². The van der Waals surface area contributed by atoms with Crippen molar-refractivity contribution >= 4 is 44.9 Å². The fraction of sp³-hybridized carbons (Fsp3) is 0.0400. The largest absolute Gasteiger partial charge is 0.340 e. The van der Waals surface area contributed by atoms with E-state index in [4.69, 9.17) is 9.97 Å². The summed E-state index contributed by atoms with van der Waals surface area (Å²) >= 11 is 1.67. The highest BCUT2D eigenvalue weighted by Gasteiger charge is 2.09. The molecular formula is C25H19N3S. The van der Waals surface area contributed by atoms with Crippen LogP contribution in [0.1, 0.15) is 5.56 Å². The van der Waals surface area contributed by atoms with E-state index in [1.54, 1.807) is 11.8 Å². The SMILES string of the molecule is c1ccc(Nc2nc(SCc3cccc4ccccc34)nc3ccccc23)cc1. The average Bonchev–Trinajstić information content (AvgIpc) is 2.78.